The van der Waals surface area contributed by atoms with Crippen molar-refractivity contribution in [2.24, 2.45) is 0 Å². The molecule has 0 bridgehead atoms. The molecule has 0 atom stereocenters. The Labute approximate surface area is 123 Å². The lowest BCUT2D eigenvalue weighted by Crippen LogP contribution is -2.32. The van der Waals surface area contributed by atoms with Crippen molar-refractivity contribution in [3.63, 3.8) is 0 Å². The summed E-state index contributed by atoms with van der Waals surface area (Å²) in [5.41, 5.74) is 9.09. The number of H-pyrrole nitrogens is 1. The largest absolute Gasteiger partial charge is 0.399 e. The van der Waals surface area contributed by atoms with Gasteiger partial charge in [0.15, 0.2) is 0 Å². The zero-order valence-corrected chi connectivity index (χ0v) is 12.4. The molecule has 0 aliphatic carbocycles. The Morgan fingerprint density at radius 2 is 2.10 bits per heavy atom. The van der Waals surface area contributed by atoms with Crippen LogP contribution in [-0.4, -0.2) is 16.5 Å². The predicted octanol–water partition coefficient (Wildman–Crippen LogP) is 2.04. The molecule has 3 N–H and O–H groups in total. The first-order valence-electron chi connectivity index (χ1n) is 7.26. The van der Waals surface area contributed by atoms with Crippen LogP contribution in [0.5, 0.6) is 0 Å². The van der Waals surface area contributed by atoms with E-state index >= 15 is 0 Å². The lowest BCUT2D eigenvalue weighted by molar-refractivity contribution is 0.700. The molecule has 1 aromatic heterocycles. The maximum atomic E-state index is 11.8. The molecule has 21 heavy (non-hydrogen) atoms. The summed E-state index contributed by atoms with van der Waals surface area (Å²) in [5, 5.41) is 0. The standard InChI is InChI=1S/C16H20N4O/c1-10(2)16-18-14(8-15(21)19-16)20-6-5-11-3-4-13(17)7-12(11)9-20/h3-4,7-8,10H,5-6,9,17H2,1-2H3,(H,18,19,21). The second-order valence-corrected chi connectivity index (χ2v) is 5.84. The number of benzene rings is 1. The molecule has 5 nitrogen and oxygen atoms in total. The highest BCUT2D eigenvalue weighted by Crippen LogP contribution is 2.24. The van der Waals surface area contributed by atoms with Gasteiger partial charge >= 0.3 is 0 Å². The first kappa shape index (κ1) is 13.7. The van der Waals surface area contributed by atoms with Crippen LogP contribution < -0.4 is 16.2 Å². The lowest BCUT2D eigenvalue weighted by atomic mass is 9.99. The second kappa shape index (κ2) is 5.24. The molecule has 3 rings (SSSR count). The Bertz CT molecular complexity index is 720. The van der Waals surface area contributed by atoms with Crippen molar-refractivity contribution < 1.29 is 0 Å². The van der Waals surface area contributed by atoms with Crippen LogP contribution in [-0.2, 0) is 13.0 Å². The van der Waals surface area contributed by atoms with E-state index in [1.54, 1.807) is 6.07 Å². The Hall–Kier alpha value is -2.30. The molecule has 0 amide bonds. The van der Waals surface area contributed by atoms with Crippen LogP contribution in [0.3, 0.4) is 0 Å². The van der Waals surface area contributed by atoms with Crippen molar-refractivity contribution >= 4 is 11.5 Å². The normalized spacial score (nSPS) is 14.3. The molecule has 110 valence electrons. The first-order valence-corrected chi connectivity index (χ1v) is 7.26. The first-order chi connectivity index (χ1) is 10.0. The number of hydrogen-bond donors (Lipinski definition) is 2. The van der Waals surface area contributed by atoms with E-state index in [-0.39, 0.29) is 11.5 Å². The molecule has 5 heteroatoms. The molecule has 0 saturated heterocycles. The van der Waals surface area contributed by atoms with Crippen LogP contribution in [0.1, 0.15) is 36.7 Å². The summed E-state index contributed by atoms with van der Waals surface area (Å²) in [5.74, 6) is 1.68. The van der Waals surface area contributed by atoms with Crippen LogP contribution in [0.25, 0.3) is 0 Å². The molecule has 2 aromatic rings. The van der Waals surface area contributed by atoms with E-state index in [0.717, 1.165) is 36.8 Å². The van der Waals surface area contributed by atoms with Gasteiger partial charge in [-0.2, -0.15) is 0 Å². The van der Waals surface area contributed by atoms with Crippen molar-refractivity contribution in [1.29, 1.82) is 0 Å². The highest BCUT2D eigenvalue weighted by molar-refractivity contribution is 5.50. The van der Waals surface area contributed by atoms with Crippen molar-refractivity contribution in [3.8, 4) is 0 Å². The van der Waals surface area contributed by atoms with Gasteiger partial charge < -0.3 is 15.6 Å². The summed E-state index contributed by atoms with van der Waals surface area (Å²) >= 11 is 0. The topological polar surface area (TPSA) is 75.0 Å². The van der Waals surface area contributed by atoms with Crippen molar-refractivity contribution in [2.75, 3.05) is 17.2 Å². The Kier molecular flexibility index (Phi) is 3.41. The van der Waals surface area contributed by atoms with Crippen LogP contribution in [0.15, 0.2) is 29.1 Å². The number of aromatic nitrogens is 2. The van der Waals surface area contributed by atoms with Gasteiger partial charge in [0.2, 0.25) is 0 Å². The average molecular weight is 284 g/mol. The summed E-state index contributed by atoms with van der Waals surface area (Å²) in [6.45, 7) is 5.65. The molecular formula is C16H20N4O. The molecule has 2 heterocycles. The van der Waals surface area contributed by atoms with Gasteiger partial charge in [0.1, 0.15) is 11.6 Å². The van der Waals surface area contributed by atoms with E-state index < -0.39 is 0 Å². The quantitative estimate of drug-likeness (QED) is 0.828. The van der Waals surface area contributed by atoms with E-state index in [1.807, 2.05) is 26.0 Å². The van der Waals surface area contributed by atoms with Crippen LogP contribution in [0.4, 0.5) is 11.5 Å². The van der Waals surface area contributed by atoms with E-state index in [4.69, 9.17) is 5.73 Å². The molecule has 0 saturated carbocycles. The molecule has 1 aliphatic rings. The molecule has 0 radical (unpaired) electrons. The lowest BCUT2D eigenvalue weighted by Gasteiger charge is -2.30. The Morgan fingerprint density at radius 3 is 2.86 bits per heavy atom. The van der Waals surface area contributed by atoms with Gasteiger partial charge in [0, 0.05) is 30.8 Å². The third-order valence-electron chi connectivity index (χ3n) is 3.86. The van der Waals surface area contributed by atoms with E-state index in [0.29, 0.717) is 0 Å². The summed E-state index contributed by atoms with van der Waals surface area (Å²) in [4.78, 5) is 21.3. The van der Waals surface area contributed by atoms with Crippen molar-refractivity contribution in [2.45, 2.75) is 32.7 Å². The number of nitrogens with two attached hydrogens (primary N) is 1. The minimum Gasteiger partial charge on any atom is -0.399 e. The maximum absolute atomic E-state index is 11.8. The van der Waals surface area contributed by atoms with Crippen molar-refractivity contribution in [3.05, 3.63) is 51.6 Å². The van der Waals surface area contributed by atoms with Gasteiger partial charge in [-0.05, 0) is 29.7 Å². The van der Waals surface area contributed by atoms with Crippen LogP contribution >= 0.6 is 0 Å². The minimum atomic E-state index is -0.0953. The molecule has 0 fully saturated rings. The number of hydrogen-bond acceptors (Lipinski definition) is 4. The number of fused-ring (bicyclic) bond motifs is 1. The monoisotopic (exact) mass is 284 g/mol. The average Bonchev–Trinajstić information content (AvgIpc) is 2.45. The highest BCUT2D eigenvalue weighted by atomic mass is 16.1. The Morgan fingerprint density at radius 1 is 1.29 bits per heavy atom. The Balaban J connectivity index is 1.94. The smallest absolute Gasteiger partial charge is 0.252 e. The van der Waals surface area contributed by atoms with Gasteiger partial charge in [0.25, 0.3) is 5.56 Å². The summed E-state index contributed by atoms with van der Waals surface area (Å²) < 4.78 is 0. The third-order valence-corrected chi connectivity index (χ3v) is 3.86. The third kappa shape index (κ3) is 2.77. The van der Waals surface area contributed by atoms with Gasteiger partial charge in [0.05, 0.1) is 0 Å². The van der Waals surface area contributed by atoms with E-state index in [1.165, 1.54) is 11.1 Å². The highest BCUT2D eigenvalue weighted by Gasteiger charge is 2.19. The fourth-order valence-corrected chi connectivity index (χ4v) is 2.67. The molecule has 0 spiro atoms. The van der Waals surface area contributed by atoms with E-state index in [2.05, 4.69) is 20.9 Å². The van der Waals surface area contributed by atoms with Gasteiger partial charge in [-0.3, -0.25) is 4.79 Å². The minimum absolute atomic E-state index is 0.0953. The summed E-state index contributed by atoms with van der Waals surface area (Å²) in [6.07, 6.45) is 0.946. The molecule has 1 aromatic carbocycles. The second-order valence-electron chi connectivity index (χ2n) is 5.84. The molecular weight excluding hydrogens is 264 g/mol. The van der Waals surface area contributed by atoms with Crippen LogP contribution in [0.2, 0.25) is 0 Å². The summed E-state index contributed by atoms with van der Waals surface area (Å²) in [6, 6.07) is 7.62. The fraction of sp³-hybridized carbons (Fsp3) is 0.375. The van der Waals surface area contributed by atoms with E-state index in [9.17, 15) is 4.79 Å². The van der Waals surface area contributed by atoms with Gasteiger partial charge in [-0.1, -0.05) is 19.9 Å². The number of anilines is 2. The molecule has 1 aliphatic heterocycles. The van der Waals surface area contributed by atoms with Gasteiger partial charge in [-0.15, -0.1) is 0 Å². The van der Waals surface area contributed by atoms with Crippen LogP contribution in [0, 0.1) is 0 Å². The number of aromatic amines is 1. The zero-order chi connectivity index (χ0) is 15.0. The number of nitrogens with zero attached hydrogens (tertiary/aromatic N) is 2. The van der Waals surface area contributed by atoms with Gasteiger partial charge in [-0.25, -0.2) is 4.98 Å². The fourth-order valence-electron chi connectivity index (χ4n) is 2.67. The SMILES string of the molecule is CC(C)c1nc(N2CCc3ccc(N)cc3C2)cc(=O)[nH]1. The predicted molar refractivity (Wildman–Crippen MR) is 84.6 cm³/mol. The maximum Gasteiger partial charge on any atom is 0.252 e. The number of nitrogen functional groups attached to an aromatic ring is 1. The van der Waals surface area contributed by atoms with Crippen molar-refractivity contribution in [1.82, 2.24) is 9.97 Å². The molecule has 0 unspecified atom stereocenters. The number of rotatable bonds is 2. The number of nitrogens with one attached hydrogen (secondary N) is 1. The zero-order valence-electron chi connectivity index (χ0n) is 12.4. The summed E-state index contributed by atoms with van der Waals surface area (Å²) in [7, 11) is 0.